The van der Waals surface area contributed by atoms with Crippen LogP contribution in [0.15, 0.2) is 77.8 Å². The van der Waals surface area contributed by atoms with Crippen LogP contribution in [0.25, 0.3) is 10.9 Å². The van der Waals surface area contributed by atoms with Crippen molar-refractivity contribution in [2.75, 3.05) is 0 Å². The minimum Gasteiger partial charge on any atom is -0.506 e. The maximum atomic E-state index is 10.1. The number of pyridine rings is 1. The number of rotatable bonds is 3. The predicted molar refractivity (Wildman–Crippen MR) is 124 cm³/mol. The fraction of sp³-hybridized carbons (Fsp3) is 0.154. The predicted octanol–water partition coefficient (Wildman–Crippen LogP) is 6.08. The monoisotopic (exact) mass is 618 g/mol. The van der Waals surface area contributed by atoms with Crippen molar-refractivity contribution in [3.8, 4) is 17.4 Å². The van der Waals surface area contributed by atoms with Gasteiger partial charge in [-0.05, 0) is 36.1 Å². The number of fused-ring (bicyclic) bond motifs is 4. The Morgan fingerprint density at radius 1 is 0.969 bits per heavy atom. The molecule has 2 heterocycles. The first-order valence-corrected chi connectivity index (χ1v) is 11.2. The van der Waals surface area contributed by atoms with Gasteiger partial charge in [-0.2, -0.15) is 11.8 Å². The third kappa shape index (κ3) is 3.85. The van der Waals surface area contributed by atoms with Crippen LogP contribution >= 0.6 is 11.8 Å². The summed E-state index contributed by atoms with van der Waals surface area (Å²) in [4.78, 5) is 9.52. The van der Waals surface area contributed by atoms with E-state index in [2.05, 4.69) is 35.3 Å². The Labute approximate surface area is 205 Å². The van der Waals surface area contributed by atoms with Gasteiger partial charge in [0.25, 0.3) is 0 Å². The van der Waals surface area contributed by atoms with E-state index in [9.17, 15) is 5.11 Å². The molecule has 0 saturated carbocycles. The van der Waals surface area contributed by atoms with E-state index in [1.807, 2.05) is 42.1 Å². The standard InChI is InChI=1S/C26H19N2O2S.Pt/c29-21-10-4-6-17-12-14-23(27-24(17)21)30-19-8-3-7-18(15-19)26-28-25-20-9-2-1-5-16(20)11-13-22(25)31-26;/h1-10,12,14,22,25,29H,11,13H2;/q-1;/t22-,25+;/m1./s1. The molecule has 4 aromatic rings. The fourth-order valence-corrected chi connectivity index (χ4v) is 5.61. The van der Waals surface area contributed by atoms with Crippen molar-refractivity contribution in [1.82, 2.24) is 4.98 Å². The summed E-state index contributed by atoms with van der Waals surface area (Å²) >= 11 is 1.84. The SMILES string of the molecule is Oc1cccc2ccc(Oc3[c-]c(C4=N[C@H]5c6ccccc6CC[C@H]5S4)ccc3)nc12.[Pt]. The Kier molecular flexibility index (Phi) is 5.79. The maximum Gasteiger partial charge on any atom is 0.217 e. The summed E-state index contributed by atoms with van der Waals surface area (Å²) < 4.78 is 5.97. The van der Waals surface area contributed by atoms with Crippen LogP contribution in [-0.4, -0.2) is 20.4 Å². The van der Waals surface area contributed by atoms with Gasteiger partial charge in [-0.25, -0.2) is 4.98 Å². The summed E-state index contributed by atoms with van der Waals surface area (Å²) in [6.07, 6.45) is 2.25. The van der Waals surface area contributed by atoms with Gasteiger partial charge < -0.3 is 14.8 Å². The van der Waals surface area contributed by atoms with Crippen LogP contribution in [0.5, 0.6) is 17.4 Å². The van der Waals surface area contributed by atoms with E-state index in [-0.39, 0.29) is 32.9 Å². The van der Waals surface area contributed by atoms with Crippen LogP contribution in [-0.2, 0) is 27.5 Å². The number of thioether (sulfide) groups is 1. The number of ether oxygens (including phenoxy) is 1. The molecule has 0 amide bonds. The van der Waals surface area contributed by atoms with Gasteiger partial charge in [0.05, 0.1) is 6.04 Å². The average Bonchev–Trinajstić information content (AvgIpc) is 3.25. The Balaban J connectivity index is 0.00000216. The zero-order valence-corrected chi connectivity index (χ0v) is 20.1. The topological polar surface area (TPSA) is 54.7 Å². The molecule has 0 saturated heterocycles. The fourth-order valence-electron chi connectivity index (χ4n) is 4.33. The molecule has 6 rings (SSSR count). The Morgan fingerprint density at radius 3 is 2.78 bits per heavy atom. The van der Waals surface area contributed by atoms with Crippen LogP contribution in [0, 0.1) is 6.07 Å². The van der Waals surface area contributed by atoms with Crippen LogP contribution in [0.3, 0.4) is 0 Å². The number of hydrogen-bond acceptors (Lipinski definition) is 5. The first-order valence-electron chi connectivity index (χ1n) is 10.4. The molecule has 0 radical (unpaired) electrons. The van der Waals surface area contributed by atoms with E-state index in [0.717, 1.165) is 28.8 Å². The number of aryl methyl sites for hydroxylation is 1. The van der Waals surface area contributed by atoms with E-state index in [1.165, 1.54) is 11.1 Å². The maximum absolute atomic E-state index is 10.1. The van der Waals surface area contributed by atoms with Gasteiger partial charge in [0.2, 0.25) is 5.88 Å². The molecule has 32 heavy (non-hydrogen) atoms. The van der Waals surface area contributed by atoms with Gasteiger partial charge >= 0.3 is 0 Å². The molecular weight excluding hydrogens is 599 g/mol. The third-order valence-electron chi connectivity index (χ3n) is 5.83. The van der Waals surface area contributed by atoms with Crippen LogP contribution in [0.1, 0.15) is 29.2 Å². The van der Waals surface area contributed by atoms with Crippen LogP contribution < -0.4 is 4.74 Å². The van der Waals surface area contributed by atoms with E-state index >= 15 is 0 Å². The summed E-state index contributed by atoms with van der Waals surface area (Å²) in [5.74, 6) is 1.14. The first-order chi connectivity index (χ1) is 15.2. The zero-order chi connectivity index (χ0) is 20.8. The molecule has 1 aliphatic carbocycles. The molecule has 2 aliphatic rings. The molecule has 6 heteroatoms. The number of para-hydroxylation sites is 1. The van der Waals surface area contributed by atoms with E-state index in [4.69, 9.17) is 9.73 Å². The quantitative estimate of drug-likeness (QED) is 0.283. The molecule has 4 nitrogen and oxygen atoms in total. The molecule has 0 fully saturated rings. The van der Waals surface area contributed by atoms with Gasteiger partial charge in [0.15, 0.2) is 0 Å². The number of aromatic hydroxyl groups is 1. The minimum absolute atomic E-state index is 0. The second kappa shape index (κ2) is 8.72. The second-order valence-corrected chi connectivity index (χ2v) is 9.03. The summed E-state index contributed by atoms with van der Waals surface area (Å²) in [6, 6.07) is 27.1. The molecule has 1 N–H and O–H groups in total. The van der Waals surface area contributed by atoms with Crippen molar-refractivity contribution in [3.05, 3.63) is 95.6 Å². The largest absolute Gasteiger partial charge is 0.506 e. The van der Waals surface area contributed by atoms with Gasteiger partial charge in [0.1, 0.15) is 11.3 Å². The number of hydrogen-bond donors (Lipinski definition) is 1. The molecule has 0 bridgehead atoms. The van der Waals surface area contributed by atoms with Gasteiger partial charge in [-0.1, -0.05) is 42.5 Å². The average molecular weight is 619 g/mol. The molecule has 1 aliphatic heterocycles. The van der Waals surface area contributed by atoms with Crippen molar-refractivity contribution < 1.29 is 30.9 Å². The summed E-state index contributed by atoms with van der Waals surface area (Å²) in [5, 5.41) is 12.4. The molecular formula is C26H19N2O2PtS-. The van der Waals surface area contributed by atoms with Crippen molar-refractivity contribution >= 4 is 27.7 Å². The number of aliphatic imine (C=N–C) groups is 1. The minimum atomic E-state index is 0. The smallest absolute Gasteiger partial charge is 0.217 e. The normalized spacial score (nSPS) is 18.9. The van der Waals surface area contributed by atoms with Gasteiger partial charge in [-0.15, -0.1) is 23.8 Å². The van der Waals surface area contributed by atoms with Crippen molar-refractivity contribution in [1.29, 1.82) is 0 Å². The molecule has 0 spiro atoms. The zero-order valence-electron chi connectivity index (χ0n) is 17.0. The first kappa shape index (κ1) is 21.2. The van der Waals surface area contributed by atoms with Crippen molar-refractivity contribution in [2.24, 2.45) is 4.99 Å². The second-order valence-electron chi connectivity index (χ2n) is 7.80. The number of phenols is 1. The molecule has 162 valence electrons. The summed E-state index contributed by atoms with van der Waals surface area (Å²) in [5.41, 5.74) is 4.24. The van der Waals surface area contributed by atoms with Crippen LogP contribution in [0.2, 0.25) is 0 Å². The van der Waals surface area contributed by atoms with Gasteiger partial charge in [0, 0.05) is 48.6 Å². The third-order valence-corrected chi connectivity index (χ3v) is 7.17. The number of benzene rings is 3. The van der Waals surface area contributed by atoms with E-state index in [0.29, 0.717) is 22.4 Å². The number of phenolic OH excluding ortho intramolecular Hbond substituents is 1. The summed E-state index contributed by atoms with van der Waals surface area (Å²) in [7, 11) is 0. The number of nitrogens with zero attached hydrogens (tertiary/aromatic N) is 2. The molecule has 3 aromatic carbocycles. The van der Waals surface area contributed by atoms with Crippen LogP contribution in [0.4, 0.5) is 0 Å². The van der Waals surface area contributed by atoms with E-state index < -0.39 is 0 Å². The van der Waals surface area contributed by atoms with Crippen molar-refractivity contribution in [2.45, 2.75) is 24.1 Å². The van der Waals surface area contributed by atoms with Gasteiger partial charge in [-0.3, -0.25) is 0 Å². The molecule has 1 aromatic heterocycles. The van der Waals surface area contributed by atoms with E-state index in [1.54, 1.807) is 18.2 Å². The number of aromatic nitrogens is 1. The molecule has 2 atom stereocenters. The Hall–Kier alpha value is -2.62. The Bertz CT molecular complexity index is 1340. The van der Waals surface area contributed by atoms with Crippen molar-refractivity contribution in [3.63, 3.8) is 0 Å². The summed E-state index contributed by atoms with van der Waals surface area (Å²) in [6.45, 7) is 0. The Morgan fingerprint density at radius 2 is 1.84 bits per heavy atom. The molecule has 0 unspecified atom stereocenters.